The number of hydrogen-bond acceptors (Lipinski definition) is 6. The van der Waals surface area contributed by atoms with Crippen molar-refractivity contribution in [1.82, 2.24) is 19.6 Å². The third kappa shape index (κ3) is 4.51. The molecule has 11 heteroatoms. The van der Waals surface area contributed by atoms with E-state index >= 15 is 8.78 Å². The Kier molecular flexibility index (Phi) is 6.88. The molecule has 1 aliphatic heterocycles. The topological polar surface area (TPSA) is 94.4 Å². The number of aryl methyl sites for hydroxylation is 1. The van der Waals surface area contributed by atoms with Gasteiger partial charge in [0, 0.05) is 26.2 Å². The van der Waals surface area contributed by atoms with Crippen LogP contribution >= 0.6 is 0 Å². The molecule has 1 atom stereocenters. The molecule has 4 rings (SSSR count). The standard InChI is InChI=1S/C24H26F2N4O5/c1-13-5-6-30-17(10-14-12-29(7-8-35-14)24(32)34-4)21(28-18(30)9-13)19-16(25)11-15(23(31)27-2)20(26)22(19)33-3/h5-6,9,11,14H,7-8,10,12H2,1-4H3,(H,27,31). The van der Waals surface area contributed by atoms with Crippen molar-refractivity contribution in [2.75, 3.05) is 41.0 Å². The van der Waals surface area contributed by atoms with Crippen molar-refractivity contribution < 1.29 is 32.6 Å². The number of amides is 2. The lowest BCUT2D eigenvalue weighted by molar-refractivity contribution is -0.0241. The van der Waals surface area contributed by atoms with Crippen molar-refractivity contribution >= 4 is 17.6 Å². The van der Waals surface area contributed by atoms with Crippen LogP contribution in [0.25, 0.3) is 16.9 Å². The maximum absolute atomic E-state index is 15.5. The Morgan fingerprint density at radius 3 is 2.74 bits per heavy atom. The average molecular weight is 488 g/mol. The van der Waals surface area contributed by atoms with Gasteiger partial charge in [0.2, 0.25) is 0 Å². The summed E-state index contributed by atoms with van der Waals surface area (Å²) in [7, 11) is 3.83. The molecule has 0 saturated carbocycles. The third-order valence-electron chi connectivity index (χ3n) is 5.96. The Morgan fingerprint density at radius 2 is 2.06 bits per heavy atom. The number of imidazole rings is 1. The maximum Gasteiger partial charge on any atom is 0.409 e. The van der Waals surface area contributed by atoms with Crippen LogP contribution in [0, 0.1) is 18.6 Å². The zero-order valence-electron chi connectivity index (χ0n) is 19.9. The number of ether oxygens (including phenoxy) is 3. The van der Waals surface area contributed by atoms with Gasteiger partial charge in [0.15, 0.2) is 11.6 Å². The highest BCUT2D eigenvalue weighted by Gasteiger charge is 2.31. The number of nitrogens with zero attached hydrogens (tertiary/aromatic N) is 3. The lowest BCUT2D eigenvalue weighted by Crippen LogP contribution is -2.46. The van der Waals surface area contributed by atoms with Crippen LogP contribution < -0.4 is 10.1 Å². The van der Waals surface area contributed by atoms with Crippen molar-refractivity contribution in [1.29, 1.82) is 0 Å². The molecule has 1 fully saturated rings. The summed E-state index contributed by atoms with van der Waals surface area (Å²) in [6.45, 7) is 2.84. The summed E-state index contributed by atoms with van der Waals surface area (Å²) in [6, 6.07) is 4.52. The van der Waals surface area contributed by atoms with Crippen LogP contribution in [-0.2, 0) is 15.9 Å². The second-order valence-corrected chi connectivity index (χ2v) is 8.16. The smallest absolute Gasteiger partial charge is 0.409 e. The van der Waals surface area contributed by atoms with E-state index < -0.39 is 41.1 Å². The first-order valence-electron chi connectivity index (χ1n) is 11.0. The van der Waals surface area contributed by atoms with Gasteiger partial charge >= 0.3 is 6.09 Å². The van der Waals surface area contributed by atoms with Gasteiger partial charge in [-0.05, 0) is 30.7 Å². The predicted molar refractivity (Wildman–Crippen MR) is 123 cm³/mol. The number of hydrogen-bond donors (Lipinski definition) is 1. The molecule has 3 aromatic rings. The molecule has 0 spiro atoms. The maximum atomic E-state index is 15.5. The molecule has 3 heterocycles. The van der Waals surface area contributed by atoms with Crippen LogP contribution in [-0.4, -0.2) is 73.4 Å². The highest BCUT2D eigenvalue weighted by atomic mass is 19.1. The van der Waals surface area contributed by atoms with Gasteiger partial charge in [0.05, 0.1) is 56.0 Å². The van der Waals surface area contributed by atoms with E-state index in [0.717, 1.165) is 11.6 Å². The fraction of sp³-hybridized carbons (Fsp3) is 0.375. The van der Waals surface area contributed by atoms with E-state index in [0.29, 0.717) is 24.5 Å². The first-order valence-corrected chi connectivity index (χ1v) is 11.0. The molecule has 1 aliphatic rings. The molecule has 1 saturated heterocycles. The number of nitrogens with one attached hydrogen (secondary N) is 1. The minimum absolute atomic E-state index is 0.158. The highest BCUT2D eigenvalue weighted by Crippen LogP contribution is 2.39. The molecule has 0 aliphatic carbocycles. The average Bonchev–Trinajstić information content (AvgIpc) is 3.20. The van der Waals surface area contributed by atoms with E-state index in [9.17, 15) is 9.59 Å². The van der Waals surface area contributed by atoms with Crippen LogP contribution in [0.5, 0.6) is 5.75 Å². The van der Waals surface area contributed by atoms with Gasteiger partial charge in [-0.1, -0.05) is 0 Å². The number of carbonyl (C=O) groups is 2. The zero-order valence-corrected chi connectivity index (χ0v) is 19.9. The molecule has 2 amide bonds. The molecular weight excluding hydrogens is 462 g/mol. The Bertz CT molecular complexity index is 1290. The fourth-order valence-corrected chi connectivity index (χ4v) is 4.26. The summed E-state index contributed by atoms with van der Waals surface area (Å²) in [6.07, 6.45) is 1.13. The second-order valence-electron chi connectivity index (χ2n) is 8.16. The SMILES string of the molecule is CNC(=O)c1cc(F)c(-c2nc3cc(C)ccn3c2CC2CN(C(=O)OC)CCO2)c(OC)c1F. The highest BCUT2D eigenvalue weighted by molar-refractivity contribution is 5.96. The van der Waals surface area contributed by atoms with Crippen molar-refractivity contribution in [2.24, 2.45) is 0 Å². The molecule has 2 aromatic heterocycles. The lowest BCUT2D eigenvalue weighted by atomic mass is 10.0. The number of rotatable bonds is 5. The van der Waals surface area contributed by atoms with Gasteiger partial charge in [0.1, 0.15) is 11.5 Å². The predicted octanol–water partition coefficient (Wildman–Crippen LogP) is 2.97. The molecule has 0 bridgehead atoms. The number of methoxy groups -OCH3 is 2. The van der Waals surface area contributed by atoms with Crippen LogP contribution in [0.4, 0.5) is 13.6 Å². The van der Waals surface area contributed by atoms with Crippen LogP contribution in [0.2, 0.25) is 0 Å². The minimum Gasteiger partial charge on any atom is -0.493 e. The molecule has 1 aromatic carbocycles. The molecule has 1 unspecified atom stereocenters. The minimum atomic E-state index is -0.992. The Hall–Kier alpha value is -3.73. The second kappa shape index (κ2) is 9.87. The molecule has 186 valence electrons. The summed E-state index contributed by atoms with van der Waals surface area (Å²) in [5.74, 6) is -3.06. The number of benzene rings is 1. The molecule has 35 heavy (non-hydrogen) atoms. The molecule has 1 N–H and O–H groups in total. The molecule has 0 radical (unpaired) electrons. The fourth-order valence-electron chi connectivity index (χ4n) is 4.26. The van der Waals surface area contributed by atoms with Gasteiger partial charge in [-0.2, -0.15) is 0 Å². The first kappa shape index (κ1) is 24.4. The van der Waals surface area contributed by atoms with Crippen LogP contribution in [0.1, 0.15) is 21.6 Å². The van der Waals surface area contributed by atoms with Crippen LogP contribution in [0.3, 0.4) is 0 Å². The number of fused-ring (bicyclic) bond motifs is 1. The first-order chi connectivity index (χ1) is 16.8. The van der Waals surface area contributed by atoms with E-state index in [-0.39, 0.29) is 24.2 Å². The molecular formula is C24H26F2N4O5. The number of pyridine rings is 1. The number of morpholine rings is 1. The summed E-state index contributed by atoms with van der Waals surface area (Å²) in [5, 5.41) is 2.29. The van der Waals surface area contributed by atoms with Gasteiger partial charge in [-0.3, -0.25) is 4.79 Å². The van der Waals surface area contributed by atoms with Gasteiger partial charge in [0.25, 0.3) is 5.91 Å². The van der Waals surface area contributed by atoms with Crippen molar-refractivity contribution in [3.63, 3.8) is 0 Å². The normalized spacial score (nSPS) is 15.8. The van der Waals surface area contributed by atoms with Gasteiger partial charge in [-0.25, -0.2) is 18.6 Å². The van der Waals surface area contributed by atoms with Crippen molar-refractivity contribution in [2.45, 2.75) is 19.4 Å². The van der Waals surface area contributed by atoms with Crippen molar-refractivity contribution in [3.8, 4) is 17.0 Å². The van der Waals surface area contributed by atoms with Gasteiger partial charge < -0.3 is 28.8 Å². The summed E-state index contributed by atoms with van der Waals surface area (Å²) in [4.78, 5) is 30.2. The van der Waals surface area contributed by atoms with E-state index in [2.05, 4.69) is 10.3 Å². The quantitative estimate of drug-likeness (QED) is 0.594. The van der Waals surface area contributed by atoms with Gasteiger partial charge in [-0.15, -0.1) is 0 Å². The Labute approximate surface area is 200 Å². The number of aromatic nitrogens is 2. The molecule has 9 nitrogen and oxygen atoms in total. The zero-order chi connectivity index (χ0) is 25.3. The lowest BCUT2D eigenvalue weighted by Gasteiger charge is -2.32. The van der Waals surface area contributed by atoms with E-state index in [4.69, 9.17) is 14.2 Å². The summed E-state index contributed by atoms with van der Waals surface area (Å²) < 4.78 is 48.4. The number of carbonyl (C=O) groups excluding carboxylic acids is 2. The Balaban J connectivity index is 1.86. The monoisotopic (exact) mass is 488 g/mol. The summed E-state index contributed by atoms with van der Waals surface area (Å²) in [5.41, 5.74) is 1.48. The van der Waals surface area contributed by atoms with Crippen LogP contribution in [0.15, 0.2) is 24.4 Å². The van der Waals surface area contributed by atoms with E-state index in [1.807, 2.05) is 19.1 Å². The van der Waals surface area contributed by atoms with E-state index in [1.165, 1.54) is 26.2 Å². The third-order valence-corrected chi connectivity index (χ3v) is 5.96. The largest absolute Gasteiger partial charge is 0.493 e. The van der Waals surface area contributed by atoms with Crippen molar-refractivity contribution in [3.05, 3.63) is 52.9 Å². The Morgan fingerprint density at radius 1 is 1.29 bits per heavy atom. The van der Waals surface area contributed by atoms with E-state index in [1.54, 1.807) is 10.6 Å². The summed E-state index contributed by atoms with van der Waals surface area (Å²) >= 11 is 0. The number of halogens is 2.